The van der Waals surface area contributed by atoms with Gasteiger partial charge in [-0.25, -0.2) is 0 Å². The zero-order valence-corrected chi connectivity index (χ0v) is 11.9. The minimum Gasteiger partial charge on any atom is -0.399 e. The number of carbonyl (C=O) groups excluding carboxylic acids is 1. The molecule has 0 fully saturated rings. The molecule has 1 atom stereocenters. The van der Waals surface area contributed by atoms with Crippen molar-refractivity contribution in [3.8, 4) is 0 Å². The maximum atomic E-state index is 12.7. The van der Waals surface area contributed by atoms with E-state index in [0.29, 0.717) is 16.3 Å². The molecule has 1 aliphatic heterocycles. The molecule has 1 heterocycles. The van der Waals surface area contributed by atoms with E-state index in [-0.39, 0.29) is 11.9 Å². The highest BCUT2D eigenvalue weighted by Gasteiger charge is 2.31. The fraction of sp³-hybridized carbons (Fsp3) is 0.188. The van der Waals surface area contributed by atoms with E-state index in [9.17, 15) is 4.79 Å². The number of para-hydroxylation sites is 1. The first kappa shape index (κ1) is 13.0. The topological polar surface area (TPSA) is 46.3 Å². The third-order valence-electron chi connectivity index (χ3n) is 3.59. The van der Waals surface area contributed by atoms with Gasteiger partial charge >= 0.3 is 0 Å². The van der Waals surface area contributed by atoms with Gasteiger partial charge in [0, 0.05) is 28.0 Å². The number of rotatable bonds is 1. The zero-order valence-electron chi connectivity index (χ0n) is 11.1. The molecule has 0 bridgehead atoms. The first-order valence-corrected chi connectivity index (χ1v) is 6.91. The predicted octanol–water partition coefficient (Wildman–Crippen LogP) is 3.51. The summed E-state index contributed by atoms with van der Waals surface area (Å²) in [6.07, 6.45) is 0.873. The second-order valence-electron chi connectivity index (χ2n) is 5.13. The number of halogens is 1. The smallest absolute Gasteiger partial charge is 0.258 e. The molecule has 4 heteroatoms. The molecule has 0 saturated carbocycles. The summed E-state index contributed by atoms with van der Waals surface area (Å²) in [5.74, 6) is -0.0587. The minimum absolute atomic E-state index is 0.0587. The maximum absolute atomic E-state index is 12.7. The van der Waals surface area contributed by atoms with E-state index >= 15 is 0 Å². The van der Waals surface area contributed by atoms with Crippen molar-refractivity contribution < 1.29 is 4.79 Å². The van der Waals surface area contributed by atoms with Gasteiger partial charge in [-0.1, -0.05) is 29.8 Å². The number of hydrogen-bond acceptors (Lipinski definition) is 2. The van der Waals surface area contributed by atoms with Crippen molar-refractivity contribution in [3.05, 3.63) is 58.6 Å². The Bertz CT molecular complexity index is 664. The predicted molar refractivity (Wildman–Crippen MR) is 82.3 cm³/mol. The van der Waals surface area contributed by atoms with Gasteiger partial charge in [0.1, 0.15) is 0 Å². The minimum atomic E-state index is -0.0587. The molecule has 1 aliphatic rings. The van der Waals surface area contributed by atoms with Crippen molar-refractivity contribution in [1.82, 2.24) is 0 Å². The lowest BCUT2D eigenvalue weighted by Crippen LogP contribution is -2.35. The fourth-order valence-corrected chi connectivity index (χ4v) is 2.99. The average molecular weight is 287 g/mol. The van der Waals surface area contributed by atoms with E-state index in [4.69, 9.17) is 17.3 Å². The average Bonchev–Trinajstić information content (AvgIpc) is 2.72. The van der Waals surface area contributed by atoms with Crippen LogP contribution in [0.5, 0.6) is 0 Å². The lowest BCUT2D eigenvalue weighted by atomic mass is 10.1. The molecule has 0 saturated heterocycles. The van der Waals surface area contributed by atoms with Crippen LogP contribution in [-0.2, 0) is 6.42 Å². The SMILES string of the molecule is CC1Cc2ccccc2N1C(=O)c1cc(N)cc(Cl)c1. The number of amides is 1. The Hall–Kier alpha value is -2.00. The molecule has 2 aromatic rings. The van der Waals surface area contributed by atoms with Crippen LogP contribution in [0.25, 0.3) is 0 Å². The molecule has 0 aliphatic carbocycles. The van der Waals surface area contributed by atoms with Gasteiger partial charge in [-0.15, -0.1) is 0 Å². The Morgan fingerprint density at radius 1 is 1.30 bits per heavy atom. The Kier molecular flexibility index (Phi) is 3.14. The number of benzene rings is 2. The van der Waals surface area contributed by atoms with Crippen LogP contribution < -0.4 is 10.6 Å². The van der Waals surface area contributed by atoms with E-state index in [1.54, 1.807) is 18.2 Å². The van der Waals surface area contributed by atoms with Gasteiger partial charge in [-0.2, -0.15) is 0 Å². The number of nitrogen functional groups attached to an aromatic ring is 1. The van der Waals surface area contributed by atoms with Crippen LogP contribution in [0.2, 0.25) is 5.02 Å². The molecule has 0 spiro atoms. The third kappa shape index (κ3) is 2.14. The lowest BCUT2D eigenvalue weighted by Gasteiger charge is -2.23. The Morgan fingerprint density at radius 3 is 2.80 bits per heavy atom. The van der Waals surface area contributed by atoms with Crippen molar-refractivity contribution in [2.45, 2.75) is 19.4 Å². The van der Waals surface area contributed by atoms with E-state index < -0.39 is 0 Å². The van der Waals surface area contributed by atoms with Gasteiger partial charge in [0.2, 0.25) is 0 Å². The Morgan fingerprint density at radius 2 is 2.05 bits per heavy atom. The first-order chi connectivity index (χ1) is 9.56. The molecule has 0 radical (unpaired) electrons. The molecule has 2 N–H and O–H groups in total. The summed E-state index contributed by atoms with van der Waals surface area (Å²) in [7, 11) is 0. The normalized spacial score (nSPS) is 17.1. The van der Waals surface area contributed by atoms with E-state index in [2.05, 4.69) is 6.07 Å². The van der Waals surface area contributed by atoms with Crippen LogP contribution in [0.3, 0.4) is 0 Å². The number of fused-ring (bicyclic) bond motifs is 1. The molecule has 1 unspecified atom stereocenters. The summed E-state index contributed by atoms with van der Waals surface area (Å²) in [5, 5.41) is 0.480. The number of hydrogen-bond donors (Lipinski definition) is 1. The molecular weight excluding hydrogens is 272 g/mol. The molecule has 1 amide bonds. The standard InChI is InChI=1S/C16H15ClN2O/c1-10-6-11-4-2-3-5-15(11)19(10)16(20)12-7-13(17)9-14(18)8-12/h2-5,7-10H,6,18H2,1H3. The molecule has 2 aromatic carbocycles. The van der Waals surface area contributed by atoms with Crippen molar-refractivity contribution >= 4 is 28.9 Å². The monoisotopic (exact) mass is 286 g/mol. The molecule has 3 rings (SSSR count). The summed E-state index contributed by atoms with van der Waals surface area (Å²) in [4.78, 5) is 14.6. The van der Waals surface area contributed by atoms with Crippen LogP contribution in [0.1, 0.15) is 22.8 Å². The van der Waals surface area contributed by atoms with Crippen molar-refractivity contribution in [2.24, 2.45) is 0 Å². The van der Waals surface area contributed by atoms with Crippen LogP contribution in [0.15, 0.2) is 42.5 Å². The lowest BCUT2D eigenvalue weighted by molar-refractivity contribution is 0.0981. The summed E-state index contributed by atoms with van der Waals surface area (Å²) in [6.45, 7) is 2.05. The summed E-state index contributed by atoms with van der Waals surface area (Å²) >= 11 is 5.99. The zero-order chi connectivity index (χ0) is 14.3. The number of nitrogens with two attached hydrogens (primary N) is 1. The van der Waals surface area contributed by atoms with Gasteiger partial charge in [0.05, 0.1) is 0 Å². The van der Waals surface area contributed by atoms with Crippen LogP contribution in [-0.4, -0.2) is 11.9 Å². The van der Waals surface area contributed by atoms with Crippen molar-refractivity contribution in [2.75, 3.05) is 10.6 Å². The second kappa shape index (κ2) is 4.84. The largest absolute Gasteiger partial charge is 0.399 e. The van der Waals surface area contributed by atoms with Gasteiger partial charge in [-0.05, 0) is 43.2 Å². The molecule has 102 valence electrons. The maximum Gasteiger partial charge on any atom is 0.258 e. The molecule has 3 nitrogen and oxygen atoms in total. The van der Waals surface area contributed by atoms with Crippen LogP contribution in [0.4, 0.5) is 11.4 Å². The van der Waals surface area contributed by atoms with E-state index in [0.717, 1.165) is 12.1 Å². The summed E-state index contributed by atoms with van der Waals surface area (Å²) < 4.78 is 0. The van der Waals surface area contributed by atoms with E-state index in [1.165, 1.54) is 5.56 Å². The number of anilines is 2. The van der Waals surface area contributed by atoms with Gasteiger partial charge < -0.3 is 10.6 Å². The molecular formula is C16H15ClN2O. The Balaban J connectivity index is 2.02. The Labute approximate surface area is 123 Å². The van der Waals surface area contributed by atoms with E-state index in [1.807, 2.05) is 30.0 Å². The first-order valence-electron chi connectivity index (χ1n) is 6.54. The highest BCUT2D eigenvalue weighted by Crippen LogP contribution is 2.33. The summed E-state index contributed by atoms with van der Waals surface area (Å²) in [5.41, 5.74) is 8.97. The number of nitrogens with zero attached hydrogens (tertiary/aromatic N) is 1. The van der Waals surface area contributed by atoms with Gasteiger partial charge in [-0.3, -0.25) is 4.79 Å². The van der Waals surface area contributed by atoms with Gasteiger partial charge in [0.25, 0.3) is 5.91 Å². The third-order valence-corrected chi connectivity index (χ3v) is 3.81. The van der Waals surface area contributed by atoms with Crippen molar-refractivity contribution in [3.63, 3.8) is 0 Å². The molecule has 20 heavy (non-hydrogen) atoms. The quantitative estimate of drug-likeness (QED) is 0.816. The fourth-order valence-electron chi connectivity index (χ4n) is 2.75. The summed E-state index contributed by atoms with van der Waals surface area (Å²) in [6, 6.07) is 13.1. The highest BCUT2D eigenvalue weighted by atomic mass is 35.5. The second-order valence-corrected chi connectivity index (χ2v) is 5.57. The highest BCUT2D eigenvalue weighted by molar-refractivity contribution is 6.31. The van der Waals surface area contributed by atoms with Crippen LogP contribution >= 0.6 is 11.6 Å². The van der Waals surface area contributed by atoms with Crippen LogP contribution in [0, 0.1) is 0 Å². The molecule has 0 aromatic heterocycles. The van der Waals surface area contributed by atoms with Crippen molar-refractivity contribution in [1.29, 1.82) is 0 Å². The number of carbonyl (C=O) groups is 1. The van der Waals surface area contributed by atoms with Gasteiger partial charge in [0.15, 0.2) is 0 Å².